The molecule has 232 valence electrons. The summed E-state index contributed by atoms with van der Waals surface area (Å²) in [6.07, 6.45) is 5.37. The average molecular weight is 579 g/mol. The second-order valence-electron chi connectivity index (χ2n) is 13.1. The Morgan fingerprint density at radius 3 is 2.27 bits per heavy atom. The van der Waals surface area contributed by atoms with E-state index >= 15 is 0 Å². The lowest BCUT2D eigenvalue weighted by Crippen LogP contribution is -2.60. The maximum Gasteiger partial charge on any atom is 0.408 e. The van der Waals surface area contributed by atoms with Gasteiger partial charge in [0.2, 0.25) is 17.6 Å². The van der Waals surface area contributed by atoms with E-state index in [4.69, 9.17) is 9.47 Å². The number of rotatable bonds is 5. The Hall–Kier alpha value is -2.69. The first-order valence-corrected chi connectivity index (χ1v) is 15.3. The molecule has 1 saturated carbocycles. The van der Waals surface area contributed by atoms with Gasteiger partial charge < -0.3 is 30.3 Å². The molecule has 3 rings (SSSR count). The van der Waals surface area contributed by atoms with Crippen molar-refractivity contribution in [1.29, 1.82) is 0 Å². The zero-order valence-corrected chi connectivity index (χ0v) is 25.6. The van der Waals surface area contributed by atoms with Gasteiger partial charge in [-0.1, -0.05) is 39.5 Å². The van der Waals surface area contributed by atoms with Crippen molar-refractivity contribution in [2.75, 3.05) is 13.2 Å². The predicted octanol–water partition coefficient (Wildman–Crippen LogP) is 2.84. The molecule has 0 radical (unpaired) electrons. The fourth-order valence-corrected chi connectivity index (χ4v) is 5.61. The van der Waals surface area contributed by atoms with Crippen LogP contribution in [0.1, 0.15) is 99.3 Å². The molecule has 11 heteroatoms. The Kier molecular flexibility index (Phi) is 11.6. The Morgan fingerprint density at radius 1 is 0.976 bits per heavy atom. The third-order valence-electron chi connectivity index (χ3n) is 8.05. The lowest BCUT2D eigenvalue weighted by Gasteiger charge is -2.34. The Bertz CT molecular complexity index is 959. The Balaban J connectivity index is 1.89. The normalized spacial score (nSPS) is 29.0. The third-order valence-corrected chi connectivity index (χ3v) is 8.05. The first-order valence-electron chi connectivity index (χ1n) is 15.3. The van der Waals surface area contributed by atoms with Crippen LogP contribution in [0.15, 0.2) is 0 Å². The second kappa shape index (κ2) is 14.5. The first kappa shape index (κ1) is 32.8. The van der Waals surface area contributed by atoms with Crippen molar-refractivity contribution in [3.8, 4) is 0 Å². The number of Topliss-reactive ketones (excluding diaryl/α,β-unsaturated/α-hetero) is 1. The van der Waals surface area contributed by atoms with Gasteiger partial charge in [-0.15, -0.1) is 0 Å². The van der Waals surface area contributed by atoms with Crippen LogP contribution >= 0.6 is 0 Å². The minimum absolute atomic E-state index is 0.0280. The van der Waals surface area contributed by atoms with E-state index < -0.39 is 59.4 Å². The summed E-state index contributed by atoms with van der Waals surface area (Å²) in [6, 6.07) is -2.86. The van der Waals surface area contributed by atoms with Crippen molar-refractivity contribution in [3.63, 3.8) is 0 Å². The van der Waals surface area contributed by atoms with Gasteiger partial charge in [0.05, 0.1) is 12.1 Å². The molecule has 0 aromatic rings. The summed E-state index contributed by atoms with van der Waals surface area (Å²) in [5.74, 6) is -2.29. The molecule has 1 unspecified atom stereocenters. The van der Waals surface area contributed by atoms with E-state index in [2.05, 4.69) is 16.0 Å². The molecule has 4 amide bonds. The third kappa shape index (κ3) is 9.68. The second-order valence-corrected chi connectivity index (χ2v) is 13.1. The molecular weight excluding hydrogens is 528 g/mol. The number of nitrogens with one attached hydrogen (secondary N) is 3. The van der Waals surface area contributed by atoms with Crippen LogP contribution in [0.3, 0.4) is 0 Å². The summed E-state index contributed by atoms with van der Waals surface area (Å²) in [7, 11) is 0. The minimum atomic E-state index is -1.07. The highest BCUT2D eigenvalue weighted by Crippen LogP contribution is 2.32. The standard InChI is InChI=1S/C30H50N4O7/c1-18(2)21-15-16-34-24(21)26(36)32-22(25(35)27(37)31-20-13-14-20)12-10-8-7-9-11-17-40-19(3)23(28(34)38)33-29(39)41-30(4,5)6/h18-24H,7-17H2,1-6H3,(H,31,37)(H,32,36)(H,33,39)/t19?,21-,22+,23+,24+/m1/s1. The molecule has 2 saturated heterocycles. The number of hydrogen-bond acceptors (Lipinski definition) is 7. The molecule has 1 aliphatic carbocycles. The van der Waals surface area contributed by atoms with Crippen LogP contribution in [0.5, 0.6) is 0 Å². The van der Waals surface area contributed by atoms with E-state index in [1.165, 1.54) is 4.90 Å². The lowest BCUT2D eigenvalue weighted by atomic mass is 9.87. The van der Waals surface area contributed by atoms with Crippen LogP contribution in [-0.2, 0) is 28.7 Å². The molecule has 0 bridgehead atoms. The van der Waals surface area contributed by atoms with Gasteiger partial charge >= 0.3 is 6.09 Å². The number of ether oxygens (including phenoxy) is 2. The summed E-state index contributed by atoms with van der Waals surface area (Å²) < 4.78 is 11.4. The zero-order valence-electron chi connectivity index (χ0n) is 25.6. The number of alkyl carbamates (subject to hydrolysis) is 1. The molecule has 2 aliphatic heterocycles. The molecule has 41 heavy (non-hydrogen) atoms. The van der Waals surface area contributed by atoms with Crippen LogP contribution in [0.2, 0.25) is 0 Å². The molecular formula is C30H50N4O7. The van der Waals surface area contributed by atoms with Crippen LogP contribution in [0, 0.1) is 11.8 Å². The maximum atomic E-state index is 14.1. The van der Waals surface area contributed by atoms with E-state index in [0.717, 1.165) is 38.5 Å². The van der Waals surface area contributed by atoms with Crippen LogP contribution in [0.25, 0.3) is 0 Å². The number of carbonyl (C=O) groups is 5. The minimum Gasteiger partial charge on any atom is -0.444 e. The van der Waals surface area contributed by atoms with E-state index in [-0.39, 0.29) is 17.9 Å². The van der Waals surface area contributed by atoms with Gasteiger partial charge in [-0.25, -0.2) is 4.79 Å². The van der Waals surface area contributed by atoms with E-state index in [0.29, 0.717) is 32.4 Å². The van der Waals surface area contributed by atoms with Gasteiger partial charge in [-0.3, -0.25) is 19.2 Å². The first-order chi connectivity index (χ1) is 19.3. The van der Waals surface area contributed by atoms with Gasteiger partial charge in [-0.05, 0) is 71.6 Å². The fourth-order valence-electron chi connectivity index (χ4n) is 5.61. The maximum absolute atomic E-state index is 14.1. The van der Waals surface area contributed by atoms with Crippen molar-refractivity contribution >= 4 is 29.6 Å². The van der Waals surface area contributed by atoms with Gasteiger partial charge in [0.25, 0.3) is 5.91 Å². The summed E-state index contributed by atoms with van der Waals surface area (Å²) in [5.41, 5.74) is -0.762. The van der Waals surface area contributed by atoms with Crippen LogP contribution < -0.4 is 16.0 Å². The number of fused-ring (bicyclic) bond motifs is 1. The zero-order chi connectivity index (χ0) is 30.3. The quantitative estimate of drug-likeness (QED) is 0.426. The highest BCUT2D eigenvalue weighted by atomic mass is 16.6. The van der Waals surface area contributed by atoms with Crippen LogP contribution in [-0.4, -0.2) is 83.5 Å². The van der Waals surface area contributed by atoms with Crippen molar-refractivity contribution in [2.24, 2.45) is 11.8 Å². The van der Waals surface area contributed by atoms with E-state index in [1.54, 1.807) is 27.7 Å². The summed E-state index contributed by atoms with van der Waals surface area (Å²) >= 11 is 0. The average Bonchev–Trinajstić information content (AvgIpc) is 3.58. The molecule has 3 fully saturated rings. The van der Waals surface area contributed by atoms with Gasteiger partial charge in [0.1, 0.15) is 17.7 Å². The smallest absolute Gasteiger partial charge is 0.408 e. The predicted molar refractivity (Wildman–Crippen MR) is 153 cm³/mol. The Morgan fingerprint density at radius 2 is 1.63 bits per heavy atom. The van der Waals surface area contributed by atoms with Crippen molar-refractivity contribution in [1.82, 2.24) is 20.9 Å². The number of carbonyl (C=O) groups excluding carboxylic acids is 5. The molecule has 0 aromatic carbocycles. The lowest BCUT2D eigenvalue weighted by molar-refractivity contribution is -0.145. The molecule has 2 heterocycles. The fraction of sp³-hybridized carbons (Fsp3) is 0.833. The monoisotopic (exact) mass is 578 g/mol. The molecule has 11 nitrogen and oxygen atoms in total. The summed E-state index contributed by atoms with van der Waals surface area (Å²) in [4.78, 5) is 68.0. The number of amides is 4. The summed E-state index contributed by atoms with van der Waals surface area (Å²) in [6.45, 7) is 11.7. The largest absolute Gasteiger partial charge is 0.444 e. The van der Waals surface area contributed by atoms with Crippen LogP contribution in [0.4, 0.5) is 4.79 Å². The van der Waals surface area contributed by atoms with Crippen molar-refractivity contribution in [3.05, 3.63) is 0 Å². The highest BCUT2D eigenvalue weighted by Gasteiger charge is 2.47. The van der Waals surface area contributed by atoms with Gasteiger partial charge in [0, 0.05) is 19.2 Å². The Labute approximate surface area is 244 Å². The molecule has 3 aliphatic rings. The number of ketones is 1. The van der Waals surface area contributed by atoms with Crippen molar-refractivity contribution in [2.45, 2.75) is 135 Å². The van der Waals surface area contributed by atoms with Crippen molar-refractivity contribution < 1.29 is 33.4 Å². The topological polar surface area (TPSA) is 143 Å². The molecule has 3 N–H and O–H groups in total. The van der Waals surface area contributed by atoms with Gasteiger partial charge in [-0.2, -0.15) is 0 Å². The summed E-state index contributed by atoms with van der Waals surface area (Å²) in [5, 5.41) is 8.30. The molecule has 0 aromatic heterocycles. The van der Waals surface area contributed by atoms with Gasteiger partial charge in [0.15, 0.2) is 0 Å². The number of hydrogen-bond donors (Lipinski definition) is 3. The molecule has 0 spiro atoms. The number of nitrogens with zero attached hydrogens (tertiary/aromatic N) is 1. The van der Waals surface area contributed by atoms with E-state index in [9.17, 15) is 24.0 Å². The molecule has 5 atom stereocenters. The SMILES string of the molecule is CC1OCCCCCCC[C@@H](C(=O)C(=O)NC2CC2)NC(=O)[C@@H]2[C@@H](C(C)C)CCN2C(=O)[C@H]1NC(=O)OC(C)(C)C. The van der Waals surface area contributed by atoms with E-state index in [1.807, 2.05) is 13.8 Å². The highest BCUT2D eigenvalue weighted by molar-refractivity contribution is 6.38.